The second-order valence-corrected chi connectivity index (χ2v) is 10.0. The molecule has 0 saturated carbocycles. The number of anilines is 1. The maximum Gasteiger partial charge on any atom is 0.218 e. The van der Waals surface area contributed by atoms with Crippen molar-refractivity contribution in [1.82, 2.24) is 9.29 Å². The van der Waals surface area contributed by atoms with Gasteiger partial charge in [-0.1, -0.05) is 35.9 Å². The fourth-order valence-corrected chi connectivity index (χ4v) is 6.03. The Morgan fingerprint density at radius 3 is 2.59 bits per heavy atom. The lowest BCUT2D eigenvalue weighted by Crippen LogP contribution is -2.45. The number of benzene rings is 1. The number of hydrogen-bond donors (Lipinski definition) is 0. The van der Waals surface area contributed by atoms with Gasteiger partial charge >= 0.3 is 0 Å². The summed E-state index contributed by atoms with van der Waals surface area (Å²) in [5, 5.41) is 0. The minimum Gasteiger partial charge on any atom is -0.356 e. The highest BCUT2D eigenvalue weighted by Gasteiger charge is 2.45. The molecule has 2 aliphatic heterocycles. The Hall–Kier alpha value is -1.92. The summed E-state index contributed by atoms with van der Waals surface area (Å²) in [5.41, 5.74) is 2.06. The van der Waals surface area contributed by atoms with E-state index in [1.807, 2.05) is 55.6 Å². The van der Waals surface area contributed by atoms with Crippen LogP contribution < -0.4 is 4.90 Å². The highest BCUT2D eigenvalue weighted by Crippen LogP contribution is 2.41. The molecule has 27 heavy (non-hydrogen) atoms. The van der Waals surface area contributed by atoms with Crippen molar-refractivity contribution in [2.75, 3.05) is 31.1 Å². The Balaban J connectivity index is 1.46. The number of hydrogen-bond acceptors (Lipinski definition) is 4. The number of piperidine rings is 1. The van der Waals surface area contributed by atoms with Crippen LogP contribution in [0.2, 0.25) is 0 Å². The van der Waals surface area contributed by atoms with Gasteiger partial charge in [-0.05, 0) is 43.9 Å². The molecule has 2 aliphatic rings. The summed E-state index contributed by atoms with van der Waals surface area (Å²) in [5.74, 6) is 1.09. The summed E-state index contributed by atoms with van der Waals surface area (Å²) >= 11 is 0. The van der Waals surface area contributed by atoms with E-state index < -0.39 is 10.0 Å². The van der Waals surface area contributed by atoms with Gasteiger partial charge in [0.05, 0.1) is 5.75 Å². The summed E-state index contributed by atoms with van der Waals surface area (Å²) in [6, 6.07) is 13.8. The first-order chi connectivity index (χ1) is 13.0. The van der Waals surface area contributed by atoms with Crippen LogP contribution in [0, 0.1) is 12.3 Å². The Kier molecular flexibility index (Phi) is 4.95. The number of rotatable bonds is 4. The Morgan fingerprint density at radius 1 is 1.04 bits per heavy atom. The van der Waals surface area contributed by atoms with Gasteiger partial charge in [0.15, 0.2) is 0 Å². The Labute approximate surface area is 162 Å². The maximum atomic E-state index is 13.0. The van der Waals surface area contributed by atoms with E-state index in [4.69, 9.17) is 0 Å². The molecule has 2 aromatic rings. The molecule has 0 radical (unpaired) electrons. The molecule has 3 heterocycles. The Bertz CT molecular complexity index is 883. The first-order valence-electron chi connectivity index (χ1n) is 9.65. The van der Waals surface area contributed by atoms with E-state index in [0.717, 1.165) is 49.3 Å². The fourth-order valence-electron chi connectivity index (χ4n) is 4.40. The van der Waals surface area contributed by atoms with Crippen LogP contribution >= 0.6 is 0 Å². The minimum absolute atomic E-state index is 0.0517. The average Bonchev–Trinajstić information content (AvgIpc) is 3.08. The summed E-state index contributed by atoms with van der Waals surface area (Å²) in [6.45, 7) is 5.16. The molecular formula is C21H27N3O2S. The smallest absolute Gasteiger partial charge is 0.218 e. The van der Waals surface area contributed by atoms with Crippen LogP contribution in [0.15, 0.2) is 48.7 Å². The lowest BCUT2D eigenvalue weighted by Gasteiger charge is -2.41. The molecule has 0 bridgehead atoms. The zero-order valence-electron chi connectivity index (χ0n) is 15.8. The van der Waals surface area contributed by atoms with Crippen molar-refractivity contribution in [3.05, 3.63) is 59.8 Å². The zero-order valence-corrected chi connectivity index (χ0v) is 16.7. The molecule has 2 saturated heterocycles. The van der Waals surface area contributed by atoms with E-state index in [-0.39, 0.29) is 11.2 Å². The van der Waals surface area contributed by atoms with Crippen molar-refractivity contribution in [3.63, 3.8) is 0 Å². The summed E-state index contributed by atoms with van der Waals surface area (Å²) < 4.78 is 27.6. The lowest BCUT2D eigenvalue weighted by molar-refractivity contribution is 0.247. The highest BCUT2D eigenvalue weighted by atomic mass is 32.2. The molecule has 1 unspecified atom stereocenters. The van der Waals surface area contributed by atoms with Crippen LogP contribution in [0.5, 0.6) is 0 Å². The third kappa shape index (κ3) is 4.01. The third-order valence-corrected chi connectivity index (χ3v) is 7.70. The molecule has 2 fully saturated rings. The van der Waals surface area contributed by atoms with Crippen molar-refractivity contribution < 1.29 is 8.42 Å². The van der Waals surface area contributed by atoms with Crippen molar-refractivity contribution in [2.24, 2.45) is 5.41 Å². The monoisotopic (exact) mass is 385 g/mol. The molecule has 0 aliphatic carbocycles. The molecule has 0 amide bonds. The third-order valence-electron chi connectivity index (χ3n) is 5.90. The maximum absolute atomic E-state index is 13.0. The van der Waals surface area contributed by atoms with Gasteiger partial charge in [-0.25, -0.2) is 17.7 Å². The molecule has 1 aromatic heterocycles. The molecule has 5 nitrogen and oxygen atoms in total. The topological polar surface area (TPSA) is 53.5 Å². The molecule has 0 N–H and O–H groups in total. The van der Waals surface area contributed by atoms with Crippen molar-refractivity contribution >= 4 is 15.8 Å². The summed E-state index contributed by atoms with van der Waals surface area (Å²) in [7, 11) is -3.28. The first kappa shape index (κ1) is 18.4. The first-order valence-corrected chi connectivity index (χ1v) is 11.3. The van der Waals surface area contributed by atoms with E-state index in [0.29, 0.717) is 13.1 Å². The Morgan fingerprint density at radius 2 is 1.85 bits per heavy atom. The number of sulfonamides is 1. The molecule has 1 spiro atoms. The predicted octanol–water partition coefficient (Wildman–Crippen LogP) is 3.21. The van der Waals surface area contributed by atoms with Gasteiger partial charge in [-0.2, -0.15) is 0 Å². The number of aromatic nitrogens is 1. The van der Waals surface area contributed by atoms with Crippen molar-refractivity contribution in [3.8, 4) is 0 Å². The summed E-state index contributed by atoms with van der Waals surface area (Å²) in [4.78, 5) is 6.80. The molecular weight excluding hydrogens is 358 g/mol. The van der Waals surface area contributed by atoms with E-state index in [2.05, 4.69) is 9.88 Å². The second kappa shape index (κ2) is 7.24. The van der Waals surface area contributed by atoms with E-state index in [1.165, 1.54) is 0 Å². The van der Waals surface area contributed by atoms with Crippen LogP contribution in [0.1, 0.15) is 30.4 Å². The fraction of sp³-hybridized carbons (Fsp3) is 0.476. The van der Waals surface area contributed by atoms with Crippen molar-refractivity contribution in [2.45, 2.75) is 31.9 Å². The second-order valence-electron chi connectivity index (χ2n) is 8.04. The van der Waals surface area contributed by atoms with Gasteiger partial charge in [0, 0.05) is 37.8 Å². The SMILES string of the molecule is Cc1ccc(CS(=O)(=O)N2CCC3(CCCN(c4ccccn4)C3)C2)cc1. The van der Waals surface area contributed by atoms with Crippen LogP contribution in [0.25, 0.3) is 0 Å². The largest absolute Gasteiger partial charge is 0.356 e. The highest BCUT2D eigenvalue weighted by molar-refractivity contribution is 7.88. The molecule has 144 valence electrons. The normalized spacial score (nSPS) is 23.8. The van der Waals surface area contributed by atoms with Gasteiger partial charge in [-0.3, -0.25) is 0 Å². The average molecular weight is 386 g/mol. The minimum atomic E-state index is -3.28. The van der Waals surface area contributed by atoms with E-state index >= 15 is 0 Å². The predicted molar refractivity (Wildman–Crippen MR) is 108 cm³/mol. The number of aryl methyl sites for hydroxylation is 1. The zero-order chi connectivity index (χ0) is 18.9. The van der Waals surface area contributed by atoms with Crippen LogP contribution in [0.3, 0.4) is 0 Å². The molecule has 6 heteroatoms. The van der Waals surface area contributed by atoms with Gasteiger partial charge < -0.3 is 4.90 Å². The van der Waals surface area contributed by atoms with Crippen LogP contribution in [0.4, 0.5) is 5.82 Å². The van der Waals surface area contributed by atoms with Crippen molar-refractivity contribution in [1.29, 1.82) is 0 Å². The molecule has 1 atom stereocenters. The van der Waals surface area contributed by atoms with Crippen LogP contribution in [-0.2, 0) is 15.8 Å². The quantitative estimate of drug-likeness (QED) is 0.811. The molecule has 1 aromatic carbocycles. The lowest BCUT2D eigenvalue weighted by atomic mass is 9.79. The van der Waals surface area contributed by atoms with E-state index in [9.17, 15) is 8.42 Å². The van der Waals surface area contributed by atoms with Gasteiger partial charge in [-0.15, -0.1) is 0 Å². The van der Waals surface area contributed by atoms with E-state index in [1.54, 1.807) is 4.31 Å². The number of nitrogens with zero attached hydrogens (tertiary/aromatic N) is 3. The molecule has 4 rings (SSSR count). The van der Waals surface area contributed by atoms with Gasteiger partial charge in [0.1, 0.15) is 5.82 Å². The standard InChI is InChI=1S/C21H27N3O2S/c1-18-6-8-19(9-7-18)15-27(25,26)24-14-11-21(17-24)10-4-13-23(16-21)20-5-2-3-12-22-20/h2-3,5-9,12H,4,10-11,13-17H2,1H3. The number of pyridine rings is 1. The van der Waals surface area contributed by atoms with Gasteiger partial charge in [0.2, 0.25) is 10.0 Å². The summed E-state index contributed by atoms with van der Waals surface area (Å²) in [6.07, 6.45) is 4.93. The van der Waals surface area contributed by atoms with Gasteiger partial charge in [0.25, 0.3) is 0 Å². The van der Waals surface area contributed by atoms with Crippen LogP contribution in [-0.4, -0.2) is 43.9 Å².